The highest BCUT2D eigenvalue weighted by Gasteiger charge is 2.09. The smallest absolute Gasteiger partial charge is 0.0841 e. The molecule has 17 heavy (non-hydrogen) atoms. The molecule has 1 aromatic carbocycles. The van der Waals surface area contributed by atoms with Crippen molar-refractivity contribution in [2.45, 2.75) is 6.54 Å². The summed E-state index contributed by atoms with van der Waals surface area (Å²) in [5.41, 5.74) is 3.40. The lowest BCUT2D eigenvalue weighted by Gasteiger charge is -2.05. The van der Waals surface area contributed by atoms with Crippen molar-refractivity contribution in [3.63, 3.8) is 0 Å². The van der Waals surface area contributed by atoms with Gasteiger partial charge in [0.05, 0.1) is 17.9 Å². The van der Waals surface area contributed by atoms with E-state index in [-0.39, 0.29) is 0 Å². The molecule has 0 amide bonds. The predicted octanol–water partition coefficient (Wildman–Crippen LogP) is 3.27. The van der Waals surface area contributed by atoms with Crippen LogP contribution in [0.25, 0.3) is 22.3 Å². The fourth-order valence-corrected chi connectivity index (χ4v) is 2.18. The van der Waals surface area contributed by atoms with Crippen molar-refractivity contribution in [2.75, 3.05) is 0 Å². The summed E-state index contributed by atoms with van der Waals surface area (Å²) in [5, 5.41) is 1.22. The first-order chi connectivity index (χ1) is 8.40. The van der Waals surface area contributed by atoms with E-state index in [1.165, 1.54) is 10.9 Å². The number of hydrogen-bond donors (Lipinski definition) is 1. The third-order valence-corrected chi connectivity index (χ3v) is 2.93. The molecule has 0 saturated heterocycles. The van der Waals surface area contributed by atoms with Gasteiger partial charge in [0.15, 0.2) is 0 Å². The Morgan fingerprint density at radius 1 is 1.18 bits per heavy atom. The number of aromatic nitrogens is 2. The van der Waals surface area contributed by atoms with Crippen LogP contribution in [0, 0.1) is 12.3 Å². The predicted molar refractivity (Wildman–Crippen MR) is 70.6 cm³/mol. The van der Waals surface area contributed by atoms with Crippen LogP contribution in [0.4, 0.5) is 0 Å². The van der Waals surface area contributed by atoms with Crippen molar-refractivity contribution in [1.82, 2.24) is 9.55 Å². The fourth-order valence-electron chi connectivity index (χ4n) is 2.18. The van der Waals surface area contributed by atoms with E-state index in [0.29, 0.717) is 6.54 Å². The highest BCUT2D eigenvalue weighted by molar-refractivity contribution is 5.86. The number of nitrogens with one attached hydrogen (secondary N) is 1. The molecule has 0 atom stereocenters. The van der Waals surface area contributed by atoms with Crippen LogP contribution in [0.1, 0.15) is 0 Å². The highest BCUT2D eigenvalue weighted by Crippen LogP contribution is 2.26. The van der Waals surface area contributed by atoms with Crippen LogP contribution in [0.5, 0.6) is 0 Å². The molecule has 2 aromatic heterocycles. The Morgan fingerprint density at radius 3 is 2.82 bits per heavy atom. The molecule has 0 aliphatic carbocycles. The maximum atomic E-state index is 5.45. The van der Waals surface area contributed by atoms with Gasteiger partial charge in [0.1, 0.15) is 0 Å². The third-order valence-electron chi connectivity index (χ3n) is 2.93. The molecule has 0 aliphatic heterocycles. The minimum atomic E-state index is 0.585. The normalized spacial score (nSPS) is 10.5. The van der Waals surface area contributed by atoms with Crippen molar-refractivity contribution in [3.8, 4) is 23.7 Å². The summed E-state index contributed by atoms with van der Waals surface area (Å²) in [5.74, 6) is 2.71. The van der Waals surface area contributed by atoms with Crippen molar-refractivity contribution >= 4 is 10.9 Å². The number of H-pyrrole nitrogens is 1. The third kappa shape index (κ3) is 1.53. The van der Waals surface area contributed by atoms with E-state index >= 15 is 0 Å². The number of aromatic amines is 1. The van der Waals surface area contributed by atoms with Gasteiger partial charge in [0.2, 0.25) is 0 Å². The van der Waals surface area contributed by atoms with Gasteiger partial charge >= 0.3 is 0 Å². The number of nitrogens with zero attached hydrogens (tertiary/aromatic N) is 1. The number of hydrogen-bond acceptors (Lipinski definition) is 0. The van der Waals surface area contributed by atoms with Crippen molar-refractivity contribution in [3.05, 3.63) is 48.7 Å². The largest absolute Gasteiger partial charge is 0.360 e. The molecule has 1 N–H and O–H groups in total. The average Bonchev–Trinajstić information content (AvgIpc) is 2.97. The maximum Gasteiger partial charge on any atom is 0.0841 e. The van der Waals surface area contributed by atoms with Crippen LogP contribution < -0.4 is 0 Å². The Bertz CT molecular complexity index is 681. The molecule has 0 fully saturated rings. The fraction of sp³-hybridized carbons (Fsp3) is 0.0667. The first kappa shape index (κ1) is 9.80. The van der Waals surface area contributed by atoms with E-state index in [2.05, 4.69) is 39.7 Å². The van der Waals surface area contributed by atoms with Gasteiger partial charge in [-0.2, -0.15) is 0 Å². The van der Waals surface area contributed by atoms with Gasteiger partial charge in [-0.25, -0.2) is 0 Å². The number of fused-ring (bicyclic) bond motifs is 1. The molecule has 3 aromatic rings. The summed E-state index contributed by atoms with van der Waals surface area (Å²) in [4.78, 5) is 3.22. The Kier molecular flexibility index (Phi) is 2.23. The summed E-state index contributed by atoms with van der Waals surface area (Å²) in [7, 11) is 0. The zero-order valence-electron chi connectivity index (χ0n) is 9.35. The molecule has 0 unspecified atom stereocenters. The lowest BCUT2D eigenvalue weighted by Crippen LogP contribution is -1.97. The second-order valence-electron chi connectivity index (χ2n) is 3.96. The van der Waals surface area contributed by atoms with Crippen LogP contribution >= 0.6 is 0 Å². The first-order valence-electron chi connectivity index (χ1n) is 5.55. The van der Waals surface area contributed by atoms with Crippen LogP contribution in [0.2, 0.25) is 0 Å². The van der Waals surface area contributed by atoms with Crippen molar-refractivity contribution < 1.29 is 0 Å². The second kappa shape index (κ2) is 3.88. The zero-order valence-corrected chi connectivity index (χ0v) is 9.35. The molecular formula is C15H12N2. The first-order valence-corrected chi connectivity index (χ1v) is 5.55. The van der Waals surface area contributed by atoms with E-state index in [1.54, 1.807) is 0 Å². The Morgan fingerprint density at radius 2 is 2.06 bits per heavy atom. The highest BCUT2D eigenvalue weighted by atomic mass is 15.0. The van der Waals surface area contributed by atoms with Gasteiger partial charge in [-0.15, -0.1) is 6.42 Å². The molecule has 0 saturated carbocycles. The molecule has 2 heterocycles. The van der Waals surface area contributed by atoms with Crippen molar-refractivity contribution in [1.29, 1.82) is 0 Å². The van der Waals surface area contributed by atoms with Gasteiger partial charge in [0, 0.05) is 17.1 Å². The maximum absolute atomic E-state index is 5.45. The van der Waals surface area contributed by atoms with Crippen LogP contribution in [0.3, 0.4) is 0 Å². The number of terminal acetylenes is 1. The Labute approximate surface area is 99.9 Å². The molecule has 82 valence electrons. The molecule has 0 aliphatic rings. The number of para-hydroxylation sites is 1. The van der Waals surface area contributed by atoms with Gasteiger partial charge in [-0.05, 0) is 24.3 Å². The second-order valence-corrected chi connectivity index (χ2v) is 3.96. The van der Waals surface area contributed by atoms with Gasteiger partial charge in [0.25, 0.3) is 0 Å². The van der Waals surface area contributed by atoms with Crippen LogP contribution in [-0.4, -0.2) is 9.55 Å². The van der Waals surface area contributed by atoms with Gasteiger partial charge < -0.3 is 9.55 Å². The lowest BCUT2D eigenvalue weighted by atomic mass is 10.2. The molecular weight excluding hydrogens is 208 g/mol. The monoisotopic (exact) mass is 220 g/mol. The van der Waals surface area contributed by atoms with E-state index in [0.717, 1.165) is 11.4 Å². The SMILES string of the molecule is C#CCn1c(-c2ccc[nH]2)cc2ccccc21. The summed E-state index contributed by atoms with van der Waals surface area (Å²) >= 11 is 0. The zero-order chi connectivity index (χ0) is 11.7. The van der Waals surface area contributed by atoms with Crippen LogP contribution in [-0.2, 0) is 6.54 Å². The summed E-state index contributed by atoms with van der Waals surface area (Å²) < 4.78 is 2.15. The van der Waals surface area contributed by atoms with Crippen LogP contribution in [0.15, 0.2) is 48.7 Å². The quantitative estimate of drug-likeness (QED) is 0.640. The lowest BCUT2D eigenvalue weighted by molar-refractivity contribution is 0.892. The Hall–Kier alpha value is -2.40. The number of benzene rings is 1. The molecule has 0 spiro atoms. The molecule has 2 nitrogen and oxygen atoms in total. The van der Waals surface area contributed by atoms with E-state index < -0.39 is 0 Å². The average molecular weight is 220 g/mol. The van der Waals surface area contributed by atoms with Crippen molar-refractivity contribution in [2.24, 2.45) is 0 Å². The standard InChI is InChI=1S/C15H12N2/c1-2-10-17-14-8-4-3-6-12(14)11-15(17)13-7-5-9-16-13/h1,3-9,11,16H,10H2. The number of rotatable bonds is 2. The van der Waals surface area contributed by atoms with E-state index in [1.807, 2.05) is 24.4 Å². The van der Waals surface area contributed by atoms with E-state index in [4.69, 9.17) is 6.42 Å². The Balaban J connectivity index is 2.31. The molecule has 2 heteroatoms. The minimum absolute atomic E-state index is 0.585. The summed E-state index contributed by atoms with van der Waals surface area (Å²) in [6, 6.07) is 14.5. The molecule has 0 bridgehead atoms. The van der Waals surface area contributed by atoms with Gasteiger partial charge in [-0.3, -0.25) is 0 Å². The minimum Gasteiger partial charge on any atom is -0.360 e. The van der Waals surface area contributed by atoms with Gasteiger partial charge in [-0.1, -0.05) is 24.1 Å². The van der Waals surface area contributed by atoms with E-state index in [9.17, 15) is 0 Å². The molecule has 3 rings (SSSR count). The summed E-state index contributed by atoms with van der Waals surface area (Å²) in [6.45, 7) is 0.585. The topological polar surface area (TPSA) is 20.7 Å². The summed E-state index contributed by atoms with van der Waals surface area (Å²) in [6.07, 6.45) is 7.38. The molecule has 0 radical (unpaired) electrons.